The van der Waals surface area contributed by atoms with Crippen molar-refractivity contribution in [1.29, 1.82) is 0 Å². The van der Waals surface area contributed by atoms with Gasteiger partial charge in [0.15, 0.2) is 4.96 Å². The van der Waals surface area contributed by atoms with Crippen molar-refractivity contribution in [2.24, 2.45) is 5.10 Å². The Morgan fingerprint density at radius 1 is 1.45 bits per heavy atom. The second-order valence-corrected chi connectivity index (χ2v) is 5.59. The van der Waals surface area contributed by atoms with Crippen LogP contribution >= 0.6 is 11.3 Å². The van der Waals surface area contributed by atoms with Crippen LogP contribution in [-0.4, -0.2) is 20.5 Å². The first-order valence-corrected chi connectivity index (χ1v) is 7.41. The van der Waals surface area contributed by atoms with Gasteiger partial charge in [0.25, 0.3) is 5.69 Å². The van der Waals surface area contributed by atoms with Crippen LogP contribution in [0.25, 0.3) is 4.96 Å². The average molecular weight is 315 g/mol. The van der Waals surface area contributed by atoms with Crippen LogP contribution in [0.2, 0.25) is 0 Å². The third-order valence-corrected chi connectivity index (χ3v) is 4.13. The SMILES string of the molecule is Cc1nc2scc(C)n2c1/C=N\Nc1cccc([N+](=O)[O-])c1. The zero-order valence-corrected chi connectivity index (χ0v) is 12.8. The van der Waals surface area contributed by atoms with Gasteiger partial charge in [0.1, 0.15) is 0 Å². The summed E-state index contributed by atoms with van der Waals surface area (Å²) >= 11 is 1.58. The maximum absolute atomic E-state index is 10.7. The number of non-ortho nitro benzene ring substituents is 1. The van der Waals surface area contributed by atoms with Crippen molar-refractivity contribution in [2.45, 2.75) is 13.8 Å². The van der Waals surface area contributed by atoms with E-state index in [0.29, 0.717) is 5.69 Å². The van der Waals surface area contributed by atoms with Crippen molar-refractivity contribution < 1.29 is 4.92 Å². The number of hydrogen-bond acceptors (Lipinski definition) is 6. The molecule has 0 unspecified atom stereocenters. The number of thiazole rings is 1. The molecule has 0 aliphatic carbocycles. The van der Waals surface area contributed by atoms with Gasteiger partial charge in [-0.1, -0.05) is 6.07 Å². The Morgan fingerprint density at radius 3 is 3.05 bits per heavy atom. The van der Waals surface area contributed by atoms with E-state index in [-0.39, 0.29) is 5.69 Å². The molecule has 3 aromatic rings. The molecule has 2 aromatic heterocycles. The monoisotopic (exact) mass is 315 g/mol. The van der Waals surface area contributed by atoms with E-state index in [0.717, 1.165) is 22.0 Å². The molecule has 0 amide bonds. The summed E-state index contributed by atoms with van der Waals surface area (Å²) in [6, 6.07) is 6.21. The number of nitrogens with one attached hydrogen (secondary N) is 1. The minimum absolute atomic E-state index is 0.0248. The molecular weight excluding hydrogens is 302 g/mol. The largest absolute Gasteiger partial charge is 0.286 e. The number of nitro groups is 1. The predicted octanol–water partition coefficient (Wildman–Crippen LogP) is 3.37. The summed E-state index contributed by atoms with van der Waals surface area (Å²) in [5.74, 6) is 0. The number of anilines is 1. The third kappa shape index (κ3) is 2.56. The summed E-state index contributed by atoms with van der Waals surface area (Å²) < 4.78 is 2.03. The van der Waals surface area contributed by atoms with Gasteiger partial charge < -0.3 is 0 Å². The van der Waals surface area contributed by atoms with E-state index < -0.39 is 4.92 Å². The minimum Gasteiger partial charge on any atom is -0.286 e. The van der Waals surface area contributed by atoms with Gasteiger partial charge in [-0.3, -0.25) is 19.9 Å². The highest BCUT2D eigenvalue weighted by molar-refractivity contribution is 7.15. The quantitative estimate of drug-likeness (QED) is 0.454. The first kappa shape index (κ1) is 14.2. The number of nitro benzene ring substituents is 1. The molecule has 3 rings (SSSR count). The lowest BCUT2D eigenvalue weighted by atomic mass is 10.3. The molecule has 112 valence electrons. The van der Waals surface area contributed by atoms with E-state index in [1.54, 1.807) is 29.7 Å². The zero-order chi connectivity index (χ0) is 15.7. The molecule has 0 saturated carbocycles. The molecule has 2 heterocycles. The van der Waals surface area contributed by atoms with E-state index in [1.165, 1.54) is 12.1 Å². The van der Waals surface area contributed by atoms with E-state index >= 15 is 0 Å². The highest BCUT2D eigenvalue weighted by Gasteiger charge is 2.10. The standard InChI is InChI=1S/C14H13N5O2S/c1-9-8-22-14-16-10(2)13(18(9)14)7-15-17-11-4-3-5-12(6-11)19(20)21/h3-8,17H,1-2H3/b15-7-. The van der Waals surface area contributed by atoms with Gasteiger partial charge in [0.2, 0.25) is 0 Å². The van der Waals surface area contributed by atoms with Crippen LogP contribution < -0.4 is 5.43 Å². The van der Waals surface area contributed by atoms with Gasteiger partial charge >= 0.3 is 0 Å². The van der Waals surface area contributed by atoms with E-state index in [2.05, 4.69) is 15.5 Å². The van der Waals surface area contributed by atoms with Gasteiger partial charge in [-0.05, 0) is 19.9 Å². The second kappa shape index (κ2) is 5.57. The summed E-state index contributed by atoms with van der Waals surface area (Å²) in [7, 11) is 0. The fourth-order valence-electron chi connectivity index (χ4n) is 2.13. The lowest BCUT2D eigenvalue weighted by Crippen LogP contribution is -1.97. The Labute approximate surface area is 130 Å². The van der Waals surface area contributed by atoms with Crippen molar-refractivity contribution in [2.75, 3.05) is 5.43 Å². The lowest BCUT2D eigenvalue weighted by Gasteiger charge is -2.00. The average Bonchev–Trinajstić information content (AvgIpc) is 3.00. The summed E-state index contributed by atoms with van der Waals surface area (Å²) in [4.78, 5) is 15.7. The molecule has 0 saturated heterocycles. The molecule has 0 atom stereocenters. The number of hydrogen-bond donors (Lipinski definition) is 1. The number of aromatic nitrogens is 2. The predicted molar refractivity (Wildman–Crippen MR) is 86.9 cm³/mol. The van der Waals surface area contributed by atoms with E-state index in [1.807, 2.05) is 23.6 Å². The van der Waals surface area contributed by atoms with Crippen LogP contribution in [0.5, 0.6) is 0 Å². The van der Waals surface area contributed by atoms with Gasteiger partial charge in [-0.15, -0.1) is 11.3 Å². The Bertz CT molecular complexity index is 881. The van der Waals surface area contributed by atoms with Crippen molar-refractivity contribution in [3.63, 3.8) is 0 Å². The number of imidazole rings is 1. The van der Waals surface area contributed by atoms with Crippen molar-refractivity contribution >= 4 is 33.9 Å². The molecule has 0 radical (unpaired) electrons. The second-order valence-electron chi connectivity index (χ2n) is 4.75. The molecule has 8 heteroatoms. The molecule has 1 aromatic carbocycles. The molecule has 0 spiro atoms. The number of nitrogens with zero attached hydrogens (tertiary/aromatic N) is 4. The topological polar surface area (TPSA) is 84.8 Å². The molecule has 1 N–H and O–H groups in total. The minimum atomic E-state index is -0.436. The van der Waals surface area contributed by atoms with Crippen LogP contribution in [0, 0.1) is 24.0 Å². The summed E-state index contributed by atoms with van der Waals surface area (Å²) in [6.07, 6.45) is 1.67. The summed E-state index contributed by atoms with van der Waals surface area (Å²) in [5.41, 5.74) is 6.27. The maximum Gasteiger partial charge on any atom is 0.271 e. The number of benzene rings is 1. The van der Waals surface area contributed by atoms with Gasteiger partial charge in [-0.25, -0.2) is 4.98 Å². The van der Waals surface area contributed by atoms with Crippen molar-refractivity contribution in [3.8, 4) is 0 Å². The normalized spacial score (nSPS) is 11.4. The number of aryl methyl sites for hydroxylation is 2. The van der Waals surface area contributed by atoms with Crippen molar-refractivity contribution in [3.05, 3.63) is 56.8 Å². The molecule has 0 fully saturated rings. The highest BCUT2D eigenvalue weighted by atomic mass is 32.1. The molecule has 0 bridgehead atoms. The number of rotatable bonds is 4. The Balaban J connectivity index is 1.85. The fourth-order valence-corrected chi connectivity index (χ4v) is 3.05. The molecule has 0 aliphatic rings. The smallest absolute Gasteiger partial charge is 0.271 e. The third-order valence-electron chi connectivity index (χ3n) is 3.19. The zero-order valence-electron chi connectivity index (χ0n) is 12.0. The van der Waals surface area contributed by atoms with Crippen LogP contribution in [0.1, 0.15) is 17.1 Å². The van der Waals surface area contributed by atoms with Crippen molar-refractivity contribution in [1.82, 2.24) is 9.38 Å². The molecular formula is C14H13N5O2S. The molecule has 0 aliphatic heterocycles. The van der Waals surface area contributed by atoms with Crippen LogP contribution in [0.4, 0.5) is 11.4 Å². The maximum atomic E-state index is 10.7. The van der Waals surface area contributed by atoms with E-state index in [9.17, 15) is 10.1 Å². The van der Waals surface area contributed by atoms with Gasteiger partial charge in [-0.2, -0.15) is 5.10 Å². The fraction of sp³-hybridized carbons (Fsp3) is 0.143. The number of hydrazone groups is 1. The first-order valence-electron chi connectivity index (χ1n) is 6.53. The highest BCUT2D eigenvalue weighted by Crippen LogP contribution is 2.20. The Hall–Kier alpha value is -2.74. The Morgan fingerprint density at radius 2 is 2.27 bits per heavy atom. The molecule has 22 heavy (non-hydrogen) atoms. The lowest BCUT2D eigenvalue weighted by molar-refractivity contribution is -0.384. The summed E-state index contributed by atoms with van der Waals surface area (Å²) in [5, 5.41) is 16.9. The van der Waals surface area contributed by atoms with E-state index in [4.69, 9.17) is 0 Å². The first-order chi connectivity index (χ1) is 10.6. The van der Waals surface area contributed by atoms with Crippen LogP contribution in [-0.2, 0) is 0 Å². The number of fused-ring (bicyclic) bond motifs is 1. The summed E-state index contributed by atoms with van der Waals surface area (Å²) in [6.45, 7) is 3.93. The van der Waals surface area contributed by atoms with Gasteiger partial charge in [0.05, 0.1) is 28.2 Å². The van der Waals surface area contributed by atoms with Gasteiger partial charge in [0, 0.05) is 23.2 Å². The molecule has 7 nitrogen and oxygen atoms in total. The van der Waals surface area contributed by atoms with Crippen LogP contribution in [0.3, 0.4) is 0 Å². The Kier molecular flexibility index (Phi) is 3.60. The van der Waals surface area contributed by atoms with Crippen LogP contribution in [0.15, 0.2) is 34.7 Å².